The van der Waals surface area contributed by atoms with Crippen LogP contribution in [-0.4, -0.2) is 37.0 Å². The van der Waals surface area contributed by atoms with Crippen molar-refractivity contribution in [2.45, 2.75) is 225 Å². The molecular formula is C43H82O4. The van der Waals surface area contributed by atoms with Gasteiger partial charge in [-0.05, 0) is 64.2 Å². The molecule has 4 heteroatoms. The van der Waals surface area contributed by atoms with Gasteiger partial charge >= 0.3 is 5.97 Å². The SMILES string of the molecule is CCCCCCCCC/C=C\CCCCCCCCCCOCC(CO)OC(=O)CCCCCCC/C=C\CCCCCCCCC. The van der Waals surface area contributed by atoms with Crippen molar-refractivity contribution in [2.75, 3.05) is 19.8 Å². The van der Waals surface area contributed by atoms with Gasteiger partial charge < -0.3 is 14.6 Å². The molecule has 0 aromatic rings. The Labute approximate surface area is 294 Å². The van der Waals surface area contributed by atoms with Gasteiger partial charge in [0.25, 0.3) is 0 Å². The molecule has 0 spiro atoms. The molecule has 0 bridgehead atoms. The Kier molecular flexibility index (Phi) is 40.1. The number of aliphatic hydroxyl groups is 1. The van der Waals surface area contributed by atoms with E-state index in [1.807, 2.05) is 0 Å². The van der Waals surface area contributed by atoms with Crippen LogP contribution in [0.15, 0.2) is 24.3 Å². The molecule has 0 aromatic heterocycles. The molecule has 47 heavy (non-hydrogen) atoms. The van der Waals surface area contributed by atoms with Gasteiger partial charge in [-0.2, -0.15) is 0 Å². The highest BCUT2D eigenvalue weighted by Crippen LogP contribution is 2.13. The first kappa shape index (κ1) is 45.9. The number of esters is 1. The summed E-state index contributed by atoms with van der Waals surface area (Å²) < 4.78 is 11.1. The average Bonchev–Trinajstić information content (AvgIpc) is 3.08. The third kappa shape index (κ3) is 39.2. The molecule has 4 nitrogen and oxygen atoms in total. The minimum Gasteiger partial charge on any atom is -0.457 e. The topological polar surface area (TPSA) is 55.8 Å². The van der Waals surface area contributed by atoms with E-state index >= 15 is 0 Å². The molecule has 0 radical (unpaired) electrons. The minimum atomic E-state index is -0.537. The number of carbonyl (C=O) groups is 1. The molecule has 0 saturated carbocycles. The molecule has 0 aliphatic rings. The predicted molar refractivity (Wildman–Crippen MR) is 205 cm³/mol. The normalized spacial score (nSPS) is 12.5. The van der Waals surface area contributed by atoms with Crippen molar-refractivity contribution in [3.05, 3.63) is 24.3 Å². The van der Waals surface area contributed by atoms with Crippen molar-refractivity contribution < 1.29 is 19.4 Å². The summed E-state index contributed by atoms with van der Waals surface area (Å²) in [7, 11) is 0. The van der Waals surface area contributed by atoms with Gasteiger partial charge in [0.15, 0.2) is 0 Å². The van der Waals surface area contributed by atoms with Crippen LogP contribution < -0.4 is 0 Å². The Bertz CT molecular complexity index is 658. The Morgan fingerprint density at radius 1 is 0.489 bits per heavy atom. The first-order valence-corrected chi connectivity index (χ1v) is 20.9. The van der Waals surface area contributed by atoms with Gasteiger partial charge in [0.05, 0.1) is 13.2 Å². The molecule has 0 aliphatic heterocycles. The number of hydrogen-bond donors (Lipinski definition) is 1. The van der Waals surface area contributed by atoms with Gasteiger partial charge in [0, 0.05) is 13.0 Å². The summed E-state index contributed by atoms with van der Waals surface area (Å²) in [4.78, 5) is 12.2. The zero-order valence-electron chi connectivity index (χ0n) is 31.8. The predicted octanol–water partition coefficient (Wildman–Crippen LogP) is 13.5. The number of unbranched alkanes of at least 4 members (excludes halogenated alkanes) is 27. The highest BCUT2D eigenvalue weighted by atomic mass is 16.6. The van der Waals surface area contributed by atoms with Crippen LogP contribution in [0.5, 0.6) is 0 Å². The molecule has 0 rings (SSSR count). The number of ether oxygens (including phenoxy) is 2. The Balaban J connectivity index is 3.42. The maximum absolute atomic E-state index is 12.2. The van der Waals surface area contributed by atoms with Crippen LogP contribution in [0.25, 0.3) is 0 Å². The van der Waals surface area contributed by atoms with Crippen molar-refractivity contribution in [1.29, 1.82) is 0 Å². The van der Waals surface area contributed by atoms with Gasteiger partial charge in [0.2, 0.25) is 0 Å². The molecule has 0 heterocycles. The molecule has 0 fully saturated rings. The lowest BCUT2D eigenvalue weighted by atomic mass is 10.1. The van der Waals surface area contributed by atoms with Crippen LogP contribution in [0.2, 0.25) is 0 Å². The molecular weight excluding hydrogens is 580 g/mol. The van der Waals surface area contributed by atoms with Gasteiger partial charge in [-0.15, -0.1) is 0 Å². The summed E-state index contributed by atoms with van der Waals surface area (Å²) in [5.74, 6) is -0.208. The quantitative estimate of drug-likeness (QED) is 0.0404. The van der Waals surface area contributed by atoms with Crippen molar-refractivity contribution >= 4 is 5.97 Å². The first-order chi connectivity index (χ1) is 23.2. The van der Waals surface area contributed by atoms with Crippen LogP contribution in [0, 0.1) is 0 Å². The van der Waals surface area contributed by atoms with E-state index in [1.54, 1.807) is 0 Å². The highest BCUT2D eigenvalue weighted by molar-refractivity contribution is 5.69. The molecule has 1 unspecified atom stereocenters. The lowest BCUT2D eigenvalue weighted by Gasteiger charge is -2.15. The van der Waals surface area contributed by atoms with Gasteiger partial charge in [0.1, 0.15) is 6.10 Å². The van der Waals surface area contributed by atoms with E-state index in [4.69, 9.17) is 9.47 Å². The maximum atomic E-state index is 12.2. The third-order valence-corrected chi connectivity index (χ3v) is 9.25. The number of aliphatic hydroxyl groups excluding tert-OH is 1. The smallest absolute Gasteiger partial charge is 0.306 e. The highest BCUT2D eigenvalue weighted by Gasteiger charge is 2.13. The van der Waals surface area contributed by atoms with E-state index < -0.39 is 6.10 Å². The van der Waals surface area contributed by atoms with Crippen LogP contribution >= 0.6 is 0 Å². The number of allylic oxidation sites excluding steroid dienone is 4. The summed E-state index contributed by atoms with van der Waals surface area (Å²) in [6.45, 7) is 5.35. The van der Waals surface area contributed by atoms with E-state index in [0.717, 1.165) is 19.3 Å². The fourth-order valence-electron chi connectivity index (χ4n) is 6.08. The largest absolute Gasteiger partial charge is 0.457 e. The van der Waals surface area contributed by atoms with Crippen molar-refractivity contribution in [1.82, 2.24) is 0 Å². The van der Waals surface area contributed by atoms with Gasteiger partial charge in [-0.3, -0.25) is 4.79 Å². The number of carbonyl (C=O) groups excluding carboxylic acids is 1. The standard InChI is InChI=1S/C43H82O4/c1-3-5-7-9-11-13-15-17-19-21-22-23-25-27-29-31-33-35-37-39-46-41-42(40-44)47-43(45)38-36-34-32-30-28-26-24-20-18-16-14-12-10-8-6-4-2/h19-21,24,42,44H,3-18,22-23,25-41H2,1-2H3/b21-19-,24-20-. The zero-order chi connectivity index (χ0) is 34.1. The monoisotopic (exact) mass is 663 g/mol. The third-order valence-electron chi connectivity index (χ3n) is 9.25. The van der Waals surface area contributed by atoms with E-state index in [2.05, 4.69) is 38.2 Å². The zero-order valence-corrected chi connectivity index (χ0v) is 31.8. The summed E-state index contributed by atoms with van der Waals surface area (Å²) in [5, 5.41) is 9.59. The fraction of sp³-hybridized carbons (Fsp3) is 0.884. The van der Waals surface area contributed by atoms with Crippen LogP contribution in [0.4, 0.5) is 0 Å². The average molecular weight is 663 g/mol. The van der Waals surface area contributed by atoms with E-state index in [0.29, 0.717) is 19.6 Å². The summed E-state index contributed by atoms with van der Waals surface area (Å²) in [6.07, 6.45) is 49.4. The summed E-state index contributed by atoms with van der Waals surface area (Å²) in [5.41, 5.74) is 0. The number of hydrogen-bond acceptors (Lipinski definition) is 4. The van der Waals surface area contributed by atoms with E-state index in [1.165, 1.54) is 180 Å². The molecule has 0 aromatic carbocycles. The fourth-order valence-corrected chi connectivity index (χ4v) is 6.08. The summed E-state index contributed by atoms with van der Waals surface area (Å²) in [6, 6.07) is 0. The van der Waals surface area contributed by atoms with Gasteiger partial charge in [-0.1, -0.05) is 173 Å². The molecule has 0 aliphatic carbocycles. The molecule has 1 N–H and O–H groups in total. The minimum absolute atomic E-state index is 0.173. The van der Waals surface area contributed by atoms with Crippen LogP contribution in [-0.2, 0) is 14.3 Å². The van der Waals surface area contributed by atoms with Crippen LogP contribution in [0.1, 0.15) is 219 Å². The lowest BCUT2D eigenvalue weighted by molar-refractivity contribution is -0.154. The van der Waals surface area contributed by atoms with E-state index in [9.17, 15) is 9.90 Å². The molecule has 278 valence electrons. The Morgan fingerprint density at radius 2 is 0.830 bits per heavy atom. The number of rotatable bonds is 39. The lowest BCUT2D eigenvalue weighted by Crippen LogP contribution is -2.27. The van der Waals surface area contributed by atoms with Crippen molar-refractivity contribution in [3.63, 3.8) is 0 Å². The maximum Gasteiger partial charge on any atom is 0.306 e. The van der Waals surface area contributed by atoms with E-state index in [-0.39, 0.29) is 12.6 Å². The molecule has 1 atom stereocenters. The first-order valence-electron chi connectivity index (χ1n) is 20.9. The second-order valence-electron chi connectivity index (χ2n) is 14.1. The Hall–Kier alpha value is -1.13. The molecule has 0 saturated heterocycles. The van der Waals surface area contributed by atoms with Crippen molar-refractivity contribution in [2.24, 2.45) is 0 Å². The second kappa shape index (κ2) is 41.0. The van der Waals surface area contributed by atoms with Crippen molar-refractivity contribution in [3.8, 4) is 0 Å². The second-order valence-corrected chi connectivity index (χ2v) is 14.1. The Morgan fingerprint density at radius 3 is 1.21 bits per heavy atom. The molecule has 0 amide bonds. The van der Waals surface area contributed by atoms with Gasteiger partial charge in [-0.25, -0.2) is 0 Å². The summed E-state index contributed by atoms with van der Waals surface area (Å²) >= 11 is 0. The van der Waals surface area contributed by atoms with Crippen LogP contribution in [0.3, 0.4) is 0 Å².